The van der Waals surface area contributed by atoms with Gasteiger partial charge in [0.1, 0.15) is 6.04 Å². The van der Waals surface area contributed by atoms with Gasteiger partial charge in [0.15, 0.2) is 0 Å². The molecule has 19 heavy (non-hydrogen) atoms. The van der Waals surface area contributed by atoms with Gasteiger partial charge in [0.2, 0.25) is 11.8 Å². The summed E-state index contributed by atoms with van der Waals surface area (Å²) in [4.78, 5) is 27.7. The molecule has 0 aromatic carbocycles. The second-order valence-corrected chi connectivity index (χ2v) is 5.88. The Bertz CT molecular complexity index is 338. The first-order chi connectivity index (χ1) is 9.09. The van der Waals surface area contributed by atoms with E-state index in [1.54, 1.807) is 23.9 Å². The van der Waals surface area contributed by atoms with Crippen molar-refractivity contribution in [1.29, 1.82) is 0 Å². The van der Waals surface area contributed by atoms with Crippen LogP contribution in [-0.2, 0) is 9.59 Å². The topological polar surface area (TPSA) is 52.7 Å². The van der Waals surface area contributed by atoms with E-state index in [4.69, 9.17) is 0 Å². The average Bonchev–Trinajstić information content (AvgIpc) is 3.05. The first kappa shape index (κ1) is 14.3. The third kappa shape index (κ3) is 3.47. The molecule has 0 bridgehead atoms. The molecule has 1 N–H and O–H groups in total. The summed E-state index contributed by atoms with van der Waals surface area (Å²) in [5, 5.41) is 3.32. The van der Waals surface area contributed by atoms with Gasteiger partial charge in [0, 0.05) is 27.1 Å². The van der Waals surface area contributed by atoms with E-state index in [1.165, 1.54) is 6.42 Å². The molecule has 2 aliphatic heterocycles. The van der Waals surface area contributed by atoms with Crippen LogP contribution in [0.4, 0.5) is 0 Å². The van der Waals surface area contributed by atoms with Gasteiger partial charge in [0.05, 0.1) is 0 Å². The summed E-state index contributed by atoms with van der Waals surface area (Å²) in [5.74, 6) is 0.854. The molecule has 0 radical (unpaired) electrons. The summed E-state index contributed by atoms with van der Waals surface area (Å²) in [6, 6.07) is -0.218. The fraction of sp³-hybridized carbons (Fsp3) is 0.857. The van der Waals surface area contributed by atoms with Crippen LogP contribution >= 0.6 is 0 Å². The zero-order valence-electron chi connectivity index (χ0n) is 12.0. The van der Waals surface area contributed by atoms with Gasteiger partial charge in [-0.25, -0.2) is 0 Å². The second kappa shape index (κ2) is 6.37. The standard InChI is InChI=1S/C14H25N3O2/c1-16(2)14(19)12-4-3-9-17(12)13(18)6-5-11-7-8-15-10-11/h11-12,15H,3-10H2,1-2H3. The molecule has 0 spiro atoms. The molecule has 2 fully saturated rings. The van der Waals surface area contributed by atoms with Crippen LogP contribution in [-0.4, -0.2) is 61.4 Å². The Labute approximate surface area is 115 Å². The predicted octanol–water partition coefficient (Wildman–Crippen LogP) is 0.455. The summed E-state index contributed by atoms with van der Waals surface area (Å²) in [7, 11) is 3.51. The lowest BCUT2D eigenvalue weighted by Crippen LogP contribution is -2.45. The Kier molecular flexibility index (Phi) is 4.80. The van der Waals surface area contributed by atoms with Gasteiger partial charge in [-0.3, -0.25) is 9.59 Å². The first-order valence-electron chi connectivity index (χ1n) is 7.31. The number of carbonyl (C=O) groups excluding carboxylic acids is 2. The number of nitrogens with one attached hydrogen (secondary N) is 1. The summed E-state index contributed by atoms with van der Waals surface area (Å²) in [6.45, 7) is 2.85. The summed E-state index contributed by atoms with van der Waals surface area (Å²) in [5.41, 5.74) is 0. The SMILES string of the molecule is CN(C)C(=O)C1CCCN1C(=O)CCC1CCNC1. The highest BCUT2D eigenvalue weighted by molar-refractivity contribution is 5.88. The lowest BCUT2D eigenvalue weighted by Gasteiger charge is -2.26. The minimum atomic E-state index is -0.218. The van der Waals surface area contributed by atoms with Crippen molar-refractivity contribution in [1.82, 2.24) is 15.1 Å². The molecular formula is C14H25N3O2. The van der Waals surface area contributed by atoms with Gasteiger partial charge in [0.25, 0.3) is 0 Å². The molecule has 0 aromatic heterocycles. The van der Waals surface area contributed by atoms with Gasteiger partial charge in [-0.05, 0) is 44.7 Å². The van der Waals surface area contributed by atoms with Crippen LogP contribution < -0.4 is 5.32 Å². The van der Waals surface area contributed by atoms with Crippen molar-refractivity contribution in [3.63, 3.8) is 0 Å². The van der Waals surface area contributed by atoms with Crippen molar-refractivity contribution in [2.24, 2.45) is 5.92 Å². The zero-order valence-corrected chi connectivity index (χ0v) is 12.0. The van der Waals surface area contributed by atoms with Gasteiger partial charge in [-0.1, -0.05) is 0 Å². The van der Waals surface area contributed by atoms with Crippen molar-refractivity contribution in [2.75, 3.05) is 33.7 Å². The van der Waals surface area contributed by atoms with Crippen LogP contribution in [0.3, 0.4) is 0 Å². The van der Waals surface area contributed by atoms with Gasteiger partial charge >= 0.3 is 0 Å². The molecular weight excluding hydrogens is 242 g/mol. The molecule has 2 atom stereocenters. The van der Waals surface area contributed by atoms with Gasteiger partial charge < -0.3 is 15.1 Å². The van der Waals surface area contributed by atoms with E-state index in [0.29, 0.717) is 12.3 Å². The minimum Gasteiger partial charge on any atom is -0.347 e. The van der Waals surface area contributed by atoms with Crippen LogP contribution in [0.2, 0.25) is 0 Å². The van der Waals surface area contributed by atoms with Crippen LogP contribution in [0.1, 0.15) is 32.1 Å². The molecule has 2 unspecified atom stereocenters. The van der Waals surface area contributed by atoms with E-state index in [9.17, 15) is 9.59 Å². The molecule has 2 saturated heterocycles. The van der Waals surface area contributed by atoms with E-state index < -0.39 is 0 Å². The number of amides is 2. The molecule has 0 saturated carbocycles. The zero-order chi connectivity index (χ0) is 13.8. The number of carbonyl (C=O) groups is 2. The maximum atomic E-state index is 12.3. The van der Waals surface area contributed by atoms with E-state index in [1.807, 2.05) is 0 Å². The van der Waals surface area contributed by atoms with Crippen LogP contribution in [0.25, 0.3) is 0 Å². The highest BCUT2D eigenvalue weighted by Crippen LogP contribution is 2.22. The molecule has 108 valence electrons. The highest BCUT2D eigenvalue weighted by atomic mass is 16.2. The van der Waals surface area contributed by atoms with E-state index >= 15 is 0 Å². The molecule has 5 heteroatoms. The Morgan fingerprint density at radius 1 is 1.32 bits per heavy atom. The van der Waals surface area contributed by atoms with E-state index in [0.717, 1.165) is 38.9 Å². The quantitative estimate of drug-likeness (QED) is 0.805. The largest absolute Gasteiger partial charge is 0.347 e. The smallest absolute Gasteiger partial charge is 0.244 e. The highest BCUT2D eigenvalue weighted by Gasteiger charge is 2.34. The fourth-order valence-corrected chi connectivity index (χ4v) is 3.05. The van der Waals surface area contributed by atoms with Crippen LogP contribution in [0.5, 0.6) is 0 Å². The number of rotatable bonds is 4. The van der Waals surface area contributed by atoms with E-state index in [-0.39, 0.29) is 17.9 Å². The van der Waals surface area contributed by atoms with Crippen molar-refractivity contribution >= 4 is 11.8 Å². The third-order valence-corrected chi connectivity index (χ3v) is 4.23. The molecule has 2 rings (SSSR count). The molecule has 0 aliphatic carbocycles. The van der Waals surface area contributed by atoms with Crippen molar-refractivity contribution in [3.8, 4) is 0 Å². The monoisotopic (exact) mass is 267 g/mol. The number of likely N-dealkylation sites (tertiary alicyclic amines) is 1. The number of nitrogens with zero attached hydrogens (tertiary/aromatic N) is 2. The lowest BCUT2D eigenvalue weighted by atomic mass is 10.0. The summed E-state index contributed by atoms with van der Waals surface area (Å²) >= 11 is 0. The van der Waals surface area contributed by atoms with Crippen LogP contribution in [0, 0.1) is 5.92 Å². The molecule has 2 aliphatic rings. The molecule has 5 nitrogen and oxygen atoms in total. The Hall–Kier alpha value is -1.10. The van der Waals surface area contributed by atoms with E-state index in [2.05, 4.69) is 5.32 Å². The number of hydrogen-bond acceptors (Lipinski definition) is 3. The second-order valence-electron chi connectivity index (χ2n) is 5.88. The molecule has 2 heterocycles. The predicted molar refractivity (Wildman–Crippen MR) is 73.6 cm³/mol. The van der Waals surface area contributed by atoms with Gasteiger partial charge in [-0.2, -0.15) is 0 Å². The van der Waals surface area contributed by atoms with Crippen molar-refractivity contribution in [3.05, 3.63) is 0 Å². The maximum Gasteiger partial charge on any atom is 0.244 e. The Balaban J connectivity index is 1.84. The van der Waals surface area contributed by atoms with Gasteiger partial charge in [-0.15, -0.1) is 0 Å². The molecule has 0 aromatic rings. The Morgan fingerprint density at radius 3 is 2.74 bits per heavy atom. The molecule has 2 amide bonds. The summed E-state index contributed by atoms with van der Waals surface area (Å²) in [6.07, 6.45) is 4.47. The van der Waals surface area contributed by atoms with Crippen molar-refractivity contribution < 1.29 is 9.59 Å². The fourth-order valence-electron chi connectivity index (χ4n) is 3.05. The Morgan fingerprint density at radius 2 is 2.11 bits per heavy atom. The summed E-state index contributed by atoms with van der Waals surface area (Å²) < 4.78 is 0. The minimum absolute atomic E-state index is 0.0633. The number of likely N-dealkylation sites (N-methyl/N-ethyl adjacent to an activating group) is 1. The first-order valence-corrected chi connectivity index (χ1v) is 7.31. The van der Waals surface area contributed by atoms with Crippen molar-refractivity contribution in [2.45, 2.75) is 38.1 Å². The lowest BCUT2D eigenvalue weighted by molar-refractivity contribution is -0.142. The normalized spacial score (nSPS) is 26.7. The maximum absolute atomic E-state index is 12.3. The third-order valence-electron chi connectivity index (χ3n) is 4.23. The van der Waals surface area contributed by atoms with Crippen LogP contribution in [0.15, 0.2) is 0 Å². The average molecular weight is 267 g/mol. The number of hydrogen-bond donors (Lipinski definition) is 1.